The summed E-state index contributed by atoms with van der Waals surface area (Å²) in [5.41, 5.74) is 0. The molecule has 0 saturated carbocycles. The Bertz CT molecular complexity index is 448. The molecule has 1 atom stereocenters. The van der Waals surface area contributed by atoms with Crippen molar-refractivity contribution < 1.29 is 8.42 Å². The summed E-state index contributed by atoms with van der Waals surface area (Å²) in [6.45, 7) is 1.65. The van der Waals surface area contributed by atoms with Gasteiger partial charge in [0.05, 0.1) is 6.20 Å². The van der Waals surface area contributed by atoms with E-state index in [-0.39, 0.29) is 11.1 Å². The first-order valence-corrected chi connectivity index (χ1v) is 6.79. The van der Waals surface area contributed by atoms with Crippen LogP contribution < -0.4 is 10.0 Å². The molecule has 2 N–H and O–H groups in total. The van der Waals surface area contributed by atoms with E-state index in [1.54, 1.807) is 7.05 Å². The third kappa shape index (κ3) is 2.42. The van der Waals surface area contributed by atoms with Gasteiger partial charge in [-0.25, -0.2) is 13.1 Å². The van der Waals surface area contributed by atoms with Gasteiger partial charge in [0.25, 0.3) is 10.0 Å². The summed E-state index contributed by atoms with van der Waals surface area (Å²) in [7, 11) is -1.82. The number of aryl methyl sites for hydroxylation is 1. The van der Waals surface area contributed by atoms with Crippen molar-refractivity contribution in [1.82, 2.24) is 19.8 Å². The van der Waals surface area contributed by atoms with Gasteiger partial charge in [0, 0.05) is 19.6 Å². The molecule has 1 aliphatic heterocycles. The lowest BCUT2D eigenvalue weighted by atomic mass is 10.1. The molecule has 16 heavy (non-hydrogen) atoms. The number of sulfonamides is 1. The van der Waals surface area contributed by atoms with E-state index in [0.29, 0.717) is 6.54 Å². The van der Waals surface area contributed by atoms with E-state index in [4.69, 9.17) is 0 Å². The molecule has 7 heteroatoms. The zero-order chi connectivity index (χ0) is 11.6. The monoisotopic (exact) mass is 244 g/mol. The minimum Gasteiger partial charge on any atom is -0.315 e. The molecule has 1 aromatic heterocycles. The van der Waals surface area contributed by atoms with Crippen LogP contribution >= 0.6 is 0 Å². The highest BCUT2D eigenvalue weighted by atomic mass is 32.2. The fraction of sp³-hybridized carbons (Fsp3) is 0.667. The van der Waals surface area contributed by atoms with Crippen LogP contribution in [0.3, 0.4) is 0 Å². The second-order valence-corrected chi connectivity index (χ2v) is 5.62. The molecule has 0 spiro atoms. The maximum atomic E-state index is 12.0. The third-order valence-corrected chi connectivity index (χ3v) is 4.26. The van der Waals surface area contributed by atoms with E-state index in [1.807, 2.05) is 0 Å². The minimum atomic E-state index is -3.44. The van der Waals surface area contributed by atoms with Gasteiger partial charge >= 0.3 is 0 Å². The predicted octanol–water partition coefficient (Wildman–Crippen LogP) is -0.550. The Morgan fingerprint density at radius 1 is 1.62 bits per heavy atom. The van der Waals surface area contributed by atoms with Crippen molar-refractivity contribution in [2.24, 2.45) is 7.05 Å². The number of rotatable bonds is 3. The average Bonchev–Trinajstić information content (AvgIpc) is 2.66. The Kier molecular flexibility index (Phi) is 3.27. The Morgan fingerprint density at radius 3 is 3.00 bits per heavy atom. The smallest absolute Gasteiger partial charge is 0.257 e. The van der Waals surface area contributed by atoms with Crippen molar-refractivity contribution in [1.29, 1.82) is 0 Å². The van der Waals surface area contributed by atoms with E-state index in [0.717, 1.165) is 19.4 Å². The van der Waals surface area contributed by atoms with Crippen molar-refractivity contribution in [3.05, 3.63) is 12.3 Å². The van der Waals surface area contributed by atoms with E-state index in [1.165, 1.54) is 16.9 Å². The molecule has 2 heterocycles. The number of hydrogen-bond donors (Lipinski definition) is 2. The van der Waals surface area contributed by atoms with Gasteiger partial charge in [-0.1, -0.05) is 0 Å². The SMILES string of the molecule is Cn1nccc1S(=O)(=O)NC1CCCNC1. The summed E-state index contributed by atoms with van der Waals surface area (Å²) in [5.74, 6) is 0. The minimum absolute atomic E-state index is 0.0198. The van der Waals surface area contributed by atoms with Gasteiger partial charge in [-0.2, -0.15) is 5.10 Å². The standard InChI is InChI=1S/C9H16N4O2S/c1-13-9(4-6-11-13)16(14,15)12-8-3-2-5-10-7-8/h4,6,8,10,12H,2-3,5,7H2,1H3. The van der Waals surface area contributed by atoms with Crippen molar-refractivity contribution >= 4 is 10.0 Å². The van der Waals surface area contributed by atoms with Crippen LogP contribution in [0.4, 0.5) is 0 Å². The van der Waals surface area contributed by atoms with Gasteiger partial charge in [-0.3, -0.25) is 4.68 Å². The summed E-state index contributed by atoms with van der Waals surface area (Å²) in [6, 6.07) is 1.48. The number of hydrogen-bond acceptors (Lipinski definition) is 4. The normalized spacial score (nSPS) is 22.2. The molecule has 90 valence electrons. The first kappa shape index (κ1) is 11.6. The summed E-state index contributed by atoms with van der Waals surface area (Å²) >= 11 is 0. The Morgan fingerprint density at radius 2 is 2.44 bits per heavy atom. The van der Waals surface area contributed by atoms with E-state index >= 15 is 0 Å². The number of aromatic nitrogens is 2. The fourth-order valence-electron chi connectivity index (χ4n) is 1.86. The van der Waals surface area contributed by atoms with Crippen LogP contribution in [0.1, 0.15) is 12.8 Å². The molecule has 0 radical (unpaired) electrons. The Balaban J connectivity index is 2.11. The van der Waals surface area contributed by atoms with Crippen molar-refractivity contribution in [2.75, 3.05) is 13.1 Å². The van der Waals surface area contributed by atoms with Crippen LogP contribution in [0.5, 0.6) is 0 Å². The molecule has 0 aliphatic carbocycles. The molecule has 1 aromatic rings. The van der Waals surface area contributed by atoms with Crippen LogP contribution in [0, 0.1) is 0 Å². The number of nitrogens with one attached hydrogen (secondary N) is 2. The Hall–Kier alpha value is -0.920. The first-order chi connectivity index (χ1) is 7.59. The van der Waals surface area contributed by atoms with Crippen LogP contribution in [0.2, 0.25) is 0 Å². The molecule has 0 amide bonds. The Labute approximate surface area is 95.1 Å². The summed E-state index contributed by atoms with van der Waals surface area (Å²) in [5, 5.41) is 7.23. The lowest BCUT2D eigenvalue weighted by Gasteiger charge is -2.23. The van der Waals surface area contributed by atoms with Gasteiger partial charge in [0.1, 0.15) is 0 Å². The lowest BCUT2D eigenvalue weighted by molar-refractivity contribution is 0.427. The second kappa shape index (κ2) is 4.52. The molecular weight excluding hydrogens is 228 g/mol. The van der Waals surface area contributed by atoms with Crippen molar-refractivity contribution in [2.45, 2.75) is 23.9 Å². The second-order valence-electron chi connectivity index (χ2n) is 3.96. The highest BCUT2D eigenvalue weighted by molar-refractivity contribution is 7.89. The molecule has 1 saturated heterocycles. The quantitative estimate of drug-likeness (QED) is 0.748. The molecule has 1 aliphatic rings. The summed E-state index contributed by atoms with van der Waals surface area (Å²) in [6.07, 6.45) is 3.36. The van der Waals surface area contributed by atoms with Gasteiger partial charge in [0.15, 0.2) is 5.03 Å². The molecule has 6 nitrogen and oxygen atoms in total. The van der Waals surface area contributed by atoms with Gasteiger partial charge in [0.2, 0.25) is 0 Å². The largest absolute Gasteiger partial charge is 0.315 e. The molecule has 1 fully saturated rings. The lowest BCUT2D eigenvalue weighted by Crippen LogP contribution is -2.45. The molecular formula is C9H16N4O2S. The maximum absolute atomic E-state index is 12.0. The van der Waals surface area contributed by atoms with Crippen LogP contribution in [0.25, 0.3) is 0 Å². The van der Waals surface area contributed by atoms with Crippen LogP contribution in [-0.4, -0.2) is 37.3 Å². The van der Waals surface area contributed by atoms with Crippen molar-refractivity contribution in [3.63, 3.8) is 0 Å². The summed E-state index contributed by atoms with van der Waals surface area (Å²) < 4.78 is 28.0. The summed E-state index contributed by atoms with van der Waals surface area (Å²) in [4.78, 5) is 0. The number of nitrogens with zero attached hydrogens (tertiary/aromatic N) is 2. The molecule has 2 rings (SSSR count). The number of piperidine rings is 1. The first-order valence-electron chi connectivity index (χ1n) is 5.30. The average molecular weight is 244 g/mol. The topological polar surface area (TPSA) is 76.0 Å². The van der Waals surface area contributed by atoms with Crippen molar-refractivity contribution in [3.8, 4) is 0 Å². The van der Waals surface area contributed by atoms with E-state index < -0.39 is 10.0 Å². The van der Waals surface area contributed by atoms with E-state index in [2.05, 4.69) is 15.1 Å². The predicted molar refractivity (Wildman–Crippen MR) is 59.4 cm³/mol. The van der Waals surface area contributed by atoms with Gasteiger partial charge in [-0.05, 0) is 25.5 Å². The van der Waals surface area contributed by atoms with Gasteiger partial charge in [-0.15, -0.1) is 0 Å². The van der Waals surface area contributed by atoms with E-state index in [9.17, 15) is 8.42 Å². The van der Waals surface area contributed by atoms with Gasteiger partial charge < -0.3 is 5.32 Å². The molecule has 1 unspecified atom stereocenters. The fourth-order valence-corrected chi connectivity index (χ4v) is 3.25. The van der Waals surface area contributed by atoms with Crippen LogP contribution in [0.15, 0.2) is 17.3 Å². The highest BCUT2D eigenvalue weighted by Gasteiger charge is 2.23. The maximum Gasteiger partial charge on any atom is 0.257 e. The third-order valence-electron chi connectivity index (χ3n) is 2.67. The van der Waals surface area contributed by atoms with Crippen LogP contribution in [-0.2, 0) is 17.1 Å². The highest BCUT2D eigenvalue weighted by Crippen LogP contribution is 2.09. The zero-order valence-corrected chi connectivity index (χ0v) is 10.00. The zero-order valence-electron chi connectivity index (χ0n) is 9.18. The molecule has 0 bridgehead atoms. The molecule has 0 aromatic carbocycles.